The van der Waals surface area contributed by atoms with Crippen molar-refractivity contribution in [3.8, 4) is 0 Å². The van der Waals surface area contributed by atoms with E-state index in [2.05, 4.69) is 31.2 Å². The molecule has 1 amide bonds. The molecule has 106 valence electrons. The number of hydrogen-bond acceptors (Lipinski definition) is 4. The van der Waals surface area contributed by atoms with Crippen LogP contribution in [0.4, 0.5) is 5.82 Å². The van der Waals surface area contributed by atoms with Crippen LogP contribution in [0, 0.1) is 0 Å². The summed E-state index contributed by atoms with van der Waals surface area (Å²) in [5.74, 6) is 0.742. The Balaban J connectivity index is 1.70. The van der Waals surface area contributed by atoms with Crippen molar-refractivity contribution in [3.05, 3.63) is 23.2 Å². The van der Waals surface area contributed by atoms with Crippen LogP contribution in [0.3, 0.4) is 0 Å². The van der Waals surface area contributed by atoms with Crippen molar-refractivity contribution < 1.29 is 4.79 Å². The van der Waals surface area contributed by atoms with Gasteiger partial charge in [0.2, 0.25) is 5.91 Å². The van der Waals surface area contributed by atoms with E-state index in [0.29, 0.717) is 10.4 Å². The molecule has 2 aromatic rings. The Morgan fingerprint density at radius 2 is 2.15 bits per heavy atom. The number of piperidine rings is 1. The average Bonchev–Trinajstić information content (AvgIpc) is 2.93. The number of fused-ring (bicyclic) bond motifs is 1. The molecular weight excluding hydrogens is 322 g/mol. The molecule has 3 rings (SSSR count). The quantitative estimate of drug-likeness (QED) is 0.929. The first-order valence-corrected chi connectivity index (χ1v) is 7.54. The van der Waals surface area contributed by atoms with Crippen LogP contribution in [0.25, 0.3) is 5.65 Å². The summed E-state index contributed by atoms with van der Waals surface area (Å²) in [5.41, 5.74) is 0.722. The first-order valence-electron chi connectivity index (χ1n) is 6.75. The number of hydrogen-bond donors (Lipinski definition) is 1. The fourth-order valence-corrected chi connectivity index (χ4v) is 2.83. The van der Waals surface area contributed by atoms with Gasteiger partial charge in [0.1, 0.15) is 4.60 Å². The first kappa shape index (κ1) is 13.4. The third-order valence-electron chi connectivity index (χ3n) is 3.46. The maximum atomic E-state index is 12.1. The molecule has 1 fully saturated rings. The van der Waals surface area contributed by atoms with Gasteiger partial charge in [-0.05, 0) is 35.2 Å². The molecule has 3 heterocycles. The highest BCUT2D eigenvalue weighted by atomic mass is 79.9. The Morgan fingerprint density at radius 3 is 2.95 bits per heavy atom. The predicted octanol–water partition coefficient (Wildman–Crippen LogP) is 1.92. The summed E-state index contributed by atoms with van der Waals surface area (Å²) >= 11 is 3.36. The molecule has 1 N–H and O–H groups in total. The van der Waals surface area contributed by atoms with E-state index in [9.17, 15) is 4.79 Å². The first-order chi connectivity index (χ1) is 9.74. The number of carbonyl (C=O) groups is 1. The normalized spacial score (nSPS) is 15.6. The smallest absolute Gasteiger partial charge is 0.241 e. The molecule has 0 aliphatic carbocycles. The number of carbonyl (C=O) groups excluding carboxylic acids is 1. The molecule has 0 bridgehead atoms. The van der Waals surface area contributed by atoms with Gasteiger partial charge in [-0.1, -0.05) is 0 Å². The molecule has 1 aliphatic rings. The number of halogens is 1. The number of likely N-dealkylation sites (tertiary alicyclic amines) is 1. The van der Waals surface area contributed by atoms with E-state index in [1.807, 2.05) is 21.7 Å². The summed E-state index contributed by atoms with van der Waals surface area (Å²) in [4.78, 5) is 22.6. The fraction of sp³-hybridized carbons (Fsp3) is 0.462. The third kappa shape index (κ3) is 2.77. The van der Waals surface area contributed by atoms with Gasteiger partial charge in [0.15, 0.2) is 11.5 Å². The molecule has 6 nitrogen and oxygen atoms in total. The van der Waals surface area contributed by atoms with Gasteiger partial charge in [-0.2, -0.15) is 0 Å². The van der Waals surface area contributed by atoms with Gasteiger partial charge in [-0.3, -0.25) is 4.79 Å². The van der Waals surface area contributed by atoms with E-state index < -0.39 is 0 Å². The number of anilines is 1. The number of nitrogens with one attached hydrogen (secondary N) is 1. The van der Waals surface area contributed by atoms with Crippen LogP contribution in [0.5, 0.6) is 0 Å². The Kier molecular flexibility index (Phi) is 3.86. The van der Waals surface area contributed by atoms with Crippen molar-refractivity contribution in [3.63, 3.8) is 0 Å². The Labute approximate surface area is 125 Å². The minimum atomic E-state index is 0.121. The average molecular weight is 338 g/mol. The second-order valence-electron chi connectivity index (χ2n) is 4.87. The van der Waals surface area contributed by atoms with Crippen LogP contribution >= 0.6 is 15.9 Å². The standard InChI is InChI=1S/C13H16BrN5O/c14-10-9-19-7-4-15-13(19)12(17-10)16-8-11(20)18-5-2-1-3-6-18/h4,7,9H,1-3,5-6,8H2,(H,16,17). The molecule has 0 radical (unpaired) electrons. The lowest BCUT2D eigenvalue weighted by molar-refractivity contribution is -0.130. The number of rotatable bonds is 3. The molecule has 0 saturated carbocycles. The van der Waals surface area contributed by atoms with E-state index >= 15 is 0 Å². The van der Waals surface area contributed by atoms with Crippen molar-refractivity contribution in [2.75, 3.05) is 25.0 Å². The van der Waals surface area contributed by atoms with Crippen LogP contribution < -0.4 is 5.32 Å². The van der Waals surface area contributed by atoms with Gasteiger partial charge < -0.3 is 14.6 Å². The number of nitrogens with zero attached hydrogens (tertiary/aromatic N) is 4. The summed E-state index contributed by atoms with van der Waals surface area (Å²) in [6, 6.07) is 0. The van der Waals surface area contributed by atoms with Crippen LogP contribution in [-0.2, 0) is 4.79 Å². The second-order valence-corrected chi connectivity index (χ2v) is 5.68. The van der Waals surface area contributed by atoms with Gasteiger partial charge in [0.05, 0.1) is 6.54 Å². The maximum absolute atomic E-state index is 12.1. The lowest BCUT2D eigenvalue weighted by atomic mass is 10.1. The molecule has 20 heavy (non-hydrogen) atoms. The molecule has 0 atom stereocenters. The highest BCUT2D eigenvalue weighted by Gasteiger charge is 2.16. The highest BCUT2D eigenvalue weighted by Crippen LogP contribution is 2.17. The number of amides is 1. The Bertz CT molecular complexity index is 620. The molecule has 2 aromatic heterocycles. The van der Waals surface area contributed by atoms with E-state index in [4.69, 9.17) is 0 Å². The third-order valence-corrected chi connectivity index (χ3v) is 3.84. The fourth-order valence-electron chi connectivity index (χ4n) is 2.43. The summed E-state index contributed by atoms with van der Waals surface area (Å²) in [6.07, 6.45) is 8.82. The largest absolute Gasteiger partial charge is 0.358 e. The van der Waals surface area contributed by atoms with Gasteiger partial charge >= 0.3 is 0 Å². The van der Waals surface area contributed by atoms with Crippen molar-refractivity contribution in [2.45, 2.75) is 19.3 Å². The minimum Gasteiger partial charge on any atom is -0.358 e. The van der Waals surface area contributed by atoms with E-state index in [1.165, 1.54) is 6.42 Å². The predicted molar refractivity (Wildman–Crippen MR) is 79.6 cm³/mol. The van der Waals surface area contributed by atoms with Crippen molar-refractivity contribution >= 4 is 33.3 Å². The molecule has 0 spiro atoms. The van der Waals surface area contributed by atoms with Crippen LogP contribution in [0.15, 0.2) is 23.2 Å². The highest BCUT2D eigenvalue weighted by molar-refractivity contribution is 9.10. The maximum Gasteiger partial charge on any atom is 0.241 e. The lowest BCUT2D eigenvalue weighted by Crippen LogP contribution is -2.39. The topological polar surface area (TPSA) is 62.5 Å². The van der Waals surface area contributed by atoms with E-state index in [-0.39, 0.29) is 12.5 Å². The molecule has 1 aliphatic heterocycles. The number of aromatic nitrogens is 3. The SMILES string of the molecule is O=C(CNc1nc(Br)cn2ccnc12)N1CCCCC1. The van der Waals surface area contributed by atoms with Gasteiger partial charge in [0.25, 0.3) is 0 Å². The Morgan fingerprint density at radius 1 is 1.35 bits per heavy atom. The Hall–Kier alpha value is -1.63. The monoisotopic (exact) mass is 337 g/mol. The zero-order valence-electron chi connectivity index (χ0n) is 11.0. The van der Waals surface area contributed by atoms with Crippen LogP contribution in [0.1, 0.15) is 19.3 Å². The second kappa shape index (κ2) is 5.78. The molecule has 1 saturated heterocycles. The molecule has 7 heteroatoms. The van der Waals surface area contributed by atoms with E-state index in [1.54, 1.807) is 6.20 Å². The van der Waals surface area contributed by atoms with Gasteiger partial charge in [-0.25, -0.2) is 9.97 Å². The van der Waals surface area contributed by atoms with Gasteiger partial charge in [0, 0.05) is 31.7 Å². The number of imidazole rings is 1. The van der Waals surface area contributed by atoms with Crippen LogP contribution in [-0.4, -0.2) is 44.8 Å². The molecule has 0 unspecified atom stereocenters. The lowest BCUT2D eigenvalue weighted by Gasteiger charge is -2.26. The van der Waals surface area contributed by atoms with Gasteiger partial charge in [-0.15, -0.1) is 0 Å². The van der Waals surface area contributed by atoms with Crippen molar-refractivity contribution in [1.82, 2.24) is 19.3 Å². The van der Waals surface area contributed by atoms with Crippen LogP contribution in [0.2, 0.25) is 0 Å². The zero-order chi connectivity index (χ0) is 13.9. The summed E-state index contributed by atoms with van der Waals surface area (Å²) in [6.45, 7) is 1.99. The summed E-state index contributed by atoms with van der Waals surface area (Å²) in [5, 5.41) is 3.10. The summed E-state index contributed by atoms with van der Waals surface area (Å²) in [7, 11) is 0. The van der Waals surface area contributed by atoms with E-state index in [0.717, 1.165) is 31.6 Å². The zero-order valence-corrected chi connectivity index (χ0v) is 12.6. The minimum absolute atomic E-state index is 0.121. The summed E-state index contributed by atoms with van der Waals surface area (Å²) < 4.78 is 2.57. The van der Waals surface area contributed by atoms with Crippen molar-refractivity contribution in [1.29, 1.82) is 0 Å². The molecule has 0 aromatic carbocycles. The molecular formula is C13H16BrN5O. The van der Waals surface area contributed by atoms with Crippen molar-refractivity contribution in [2.24, 2.45) is 0 Å².